The maximum atomic E-state index is 14.2. The van der Waals surface area contributed by atoms with E-state index in [4.69, 9.17) is 14.2 Å². The number of aromatic nitrogens is 2. The summed E-state index contributed by atoms with van der Waals surface area (Å²) >= 11 is 0. The molecule has 2 aromatic heterocycles. The van der Waals surface area contributed by atoms with Crippen LogP contribution in [0.25, 0.3) is 22.2 Å². The van der Waals surface area contributed by atoms with Gasteiger partial charge in [0.05, 0.1) is 25.3 Å². The van der Waals surface area contributed by atoms with E-state index in [-0.39, 0.29) is 24.6 Å². The molecule has 3 aromatic rings. The Morgan fingerprint density at radius 1 is 1.30 bits per heavy atom. The van der Waals surface area contributed by atoms with Crippen molar-refractivity contribution in [2.75, 3.05) is 33.5 Å². The first-order valence-corrected chi connectivity index (χ1v) is 11.8. The number of fused-ring (bicyclic) bond motifs is 2. The van der Waals surface area contributed by atoms with Gasteiger partial charge in [-0.3, -0.25) is 9.59 Å². The summed E-state index contributed by atoms with van der Waals surface area (Å²) in [5.74, 6) is -0.674. The van der Waals surface area contributed by atoms with Gasteiger partial charge in [-0.15, -0.1) is 0 Å². The lowest BCUT2D eigenvalue weighted by Gasteiger charge is -2.24. The molecule has 192 valence electrons. The second-order valence-corrected chi connectivity index (χ2v) is 8.62. The average molecular weight is 510 g/mol. The van der Waals surface area contributed by atoms with Crippen LogP contribution < -0.4 is 10.1 Å². The summed E-state index contributed by atoms with van der Waals surface area (Å²) in [5, 5.41) is 3.25. The van der Waals surface area contributed by atoms with Gasteiger partial charge < -0.3 is 24.5 Å². The SMILES string of the molecule is COC1C=C(C(=O)NCC(=O)c2cc3c(c(-c4c[nH]c5c(F)cccc45)n2)OCC3)C=CC1OCCF. The van der Waals surface area contributed by atoms with Crippen LogP contribution in [0.2, 0.25) is 0 Å². The van der Waals surface area contributed by atoms with Gasteiger partial charge in [0, 0.05) is 41.8 Å². The van der Waals surface area contributed by atoms with Crippen molar-refractivity contribution in [1.29, 1.82) is 0 Å². The number of aromatic amines is 1. The predicted octanol–water partition coefficient (Wildman–Crippen LogP) is 3.47. The Kier molecular flexibility index (Phi) is 7.11. The molecule has 1 aromatic carbocycles. The number of amides is 1. The van der Waals surface area contributed by atoms with E-state index in [9.17, 15) is 18.4 Å². The molecule has 37 heavy (non-hydrogen) atoms. The molecule has 0 saturated carbocycles. The number of rotatable bonds is 9. The number of ketones is 1. The largest absolute Gasteiger partial charge is 0.491 e. The minimum Gasteiger partial charge on any atom is -0.491 e. The number of methoxy groups -OCH3 is 1. The Morgan fingerprint density at radius 3 is 2.97 bits per heavy atom. The molecule has 0 bridgehead atoms. The van der Waals surface area contributed by atoms with Crippen LogP contribution in [0.3, 0.4) is 0 Å². The second kappa shape index (κ2) is 10.6. The van der Waals surface area contributed by atoms with E-state index in [2.05, 4.69) is 15.3 Å². The quantitative estimate of drug-likeness (QED) is 0.429. The first-order chi connectivity index (χ1) is 18.0. The van der Waals surface area contributed by atoms with Crippen LogP contribution in [-0.2, 0) is 20.7 Å². The Bertz CT molecular complexity index is 1410. The highest BCUT2D eigenvalue weighted by Crippen LogP contribution is 2.39. The highest BCUT2D eigenvalue weighted by molar-refractivity contribution is 6.03. The molecule has 0 fully saturated rings. The van der Waals surface area contributed by atoms with E-state index < -0.39 is 30.6 Å². The number of carbonyl (C=O) groups excluding carboxylic acids is 2. The second-order valence-electron chi connectivity index (χ2n) is 8.62. The van der Waals surface area contributed by atoms with Gasteiger partial charge in [-0.2, -0.15) is 0 Å². The van der Waals surface area contributed by atoms with Crippen molar-refractivity contribution >= 4 is 22.6 Å². The zero-order chi connectivity index (χ0) is 25.9. The van der Waals surface area contributed by atoms with Crippen molar-refractivity contribution in [3.05, 3.63) is 71.3 Å². The third-order valence-corrected chi connectivity index (χ3v) is 6.34. The van der Waals surface area contributed by atoms with E-state index in [0.717, 1.165) is 5.56 Å². The lowest BCUT2D eigenvalue weighted by atomic mass is 10.0. The number of alkyl halides is 1. The minimum atomic E-state index is -0.623. The summed E-state index contributed by atoms with van der Waals surface area (Å²) in [5.41, 5.74) is 2.71. The van der Waals surface area contributed by atoms with Crippen molar-refractivity contribution < 1.29 is 32.6 Å². The molecule has 10 heteroatoms. The summed E-state index contributed by atoms with van der Waals surface area (Å²) < 4.78 is 43.2. The molecular formula is C27H25F2N3O5. The molecular weight excluding hydrogens is 484 g/mol. The zero-order valence-corrected chi connectivity index (χ0v) is 20.1. The number of Topliss-reactive ketones (excluding diaryl/α,β-unsaturated/α-hetero) is 1. The molecule has 2 aliphatic rings. The van der Waals surface area contributed by atoms with Crippen molar-refractivity contribution in [3.8, 4) is 17.0 Å². The third-order valence-electron chi connectivity index (χ3n) is 6.34. The van der Waals surface area contributed by atoms with Crippen LogP contribution in [0, 0.1) is 5.82 Å². The number of nitrogens with zero attached hydrogens (tertiary/aromatic N) is 1. The lowest BCUT2D eigenvalue weighted by Crippen LogP contribution is -2.35. The van der Waals surface area contributed by atoms with Crippen LogP contribution in [0.15, 0.2) is 54.3 Å². The summed E-state index contributed by atoms with van der Waals surface area (Å²) in [4.78, 5) is 33.3. The fraction of sp³-hybridized carbons (Fsp3) is 0.296. The molecule has 0 saturated heterocycles. The molecule has 2 unspecified atom stereocenters. The van der Waals surface area contributed by atoms with Gasteiger partial charge in [-0.25, -0.2) is 13.8 Å². The summed E-state index contributed by atoms with van der Waals surface area (Å²) in [7, 11) is 1.47. The molecule has 2 N–H and O–H groups in total. The number of halogens is 2. The Hall–Kier alpha value is -3.89. The first-order valence-electron chi connectivity index (χ1n) is 11.8. The molecule has 0 spiro atoms. The van der Waals surface area contributed by atoms with Gasteiger partial charge in [0.15, 0.2) is 5.78 Å². The fourth-order valence-corrected chi connectivity index (χ4v) is 4.51. The normalized spacial score (nSPS) is 18.4. The van der Waals surface area contributed by atoms with E-state index >= 15 is 0 Å². The van der Waals surface area contributed by atoms with Crippen LogP contribution >= 0.6 is 0 Å². The van der Waals surface area contributed by atoms with E-state index in [1.54, 1.807) is 42.6 Å². The topological polar surface area (TPSA) is 103 Å². The van der Waals surface area contributed by atoms with E-state index in [1.165, 1.54) is 13.2 Å². The summed E-state index contributed by atoms with van der Waals surface area (Å²) in [6.45, 7) is -0.529. The fourth-order valence-electron chi connectivity index (χ4n) is 4.51. The van der Waals surface area contributed by atoms with Crippen molar-refractivity contribution in [2.24, 2.45) is 0 Å². The first kappa shape index (κ1) is 24.8. The highest BCUT2D eigenvalue weighted by Gasteiger charge is 2.26. The molecule has 1 amide bonds. The monoisotopic (exact) mass is 509 g/mol. The summed E-state index contributed by atoms with van der Waals surface area (Å²) in [6, 6.07) is 6.42. The van der Waals surface area contributed by atoms with Gasteiger partial charge in [-0.05, 0) is 18.2 Å². The number of ether oxygens (including phenoxy) is 3. The van der Waals surface area contributed by atoms with Crippen LogP contribution in [0.5, 0.6) is 5.75 Å². The molecule has 1 aliphatic heterocycles. The smallest absolute Gasteiger partial charge is 0.251 e. The Labute approximate surface area is 211 Å². The van der Waals surface area contributed by atoms with Gasteiger partial charge >= 0.3 is 0 Å². The van der Waals surface area contributed by atoms with Crippen molar-refractivity contribution in [3.63, 3.8) is 0 Å². The molecule has 1 aliphatic carbocycles. The highest BCUT2D eigenvalue weighted by atomic mass is 19.1. The van der Waals surface area contributed by atoms with Gasteiger partial charge in [-0.1, -0.05) is 24.3 Å². The number of pyridine rings is 1. The average Bonchev–Trinajstić information content (AvgIpc) is 3.57. The molecule has 0 radical (unpaired) electrons. The maximum absolute atomic E-state index is 14.2. The van der Waals surface area contributed by atoms with Crippen molar-refractivity contribution in [2.45, 2.75) is 18.6 Å². The van der Waals surface area contributed by atoms with Crippen LogP contribution in [-0.4, -0.2) is 67.4 Å². The zero-order valence-electron chi connectivity index (χ0n) is 20.1. The molecule has 3 heterocycles. The van der Waals surface area contributed by atoms with E-state index in [0.29, 0.717) is 46.5 Å². The van der Waals surface area contributed by atoms with Crippen molar-refractivity contribution in [1.82, 2.24) is 15.3 Å². The minimum absolute atomic E-state index is 0.0764. The Balaban J connectivity index is 1.34. The predicted molar refractivity (Wildman–Crippen MR) is 132 cm³/mol. The lowest BCUT2D eigenvalue weighted by molar-refractivity contribution is -0.117. The molecule has 2 atom stereocenters. The maximum Gasteiger partial charge on any atom is 0.251 e. The van der Waals surface area contributed by atoms with Gasteiger partial charge in [0.2, 0.25) is 0 Å². The number of hydrogen-bond donors (Lipinski definition) is 2. The number of hydrogen-bond acceptors (Lipinski definition) is 6. The number of benzene rings is 1. The number of para-hydroxylation sites is 1. The van der Waals surface area contributed by atoms with Crippen LogP contribution in [0.4, 0.5) is 8.78 Å². The van der Waals surface area contributed by atoms with Crippen LogP contribution in [0.1, 0.15) is 16.1 Å². The number of carbonyl (C=O) groups is 2. The molecule has 5 rings (SSSR count). The standard InChI is InChI=1S/C27H25F2N3O5/c1-35-23-12-16(5-6-22(23)36-10-8-28)27(34)31-14-21(33)20-11-15-7-9-37-26(15)25(32-20)18-13-30-24-17(18)3-2-4-19(24)29/h2-6,11-13,22-23,30H,7-10,14H2,1H3,(H,31,34). The number of H-pyrrole nitrogens is 1. The Morgan fingerprint density at radius 2 is 2.16 bits per heavy atom. The van der Waals surface area contributed by atoms with Gasteiger partial charge in [0.1, 0.15) is 41.8 Å². The third kappa shape index (κ3) is 4.90. The number of nitrogens with one attached hydrogen (secondary N) is 2. The van der Waals surface area contributed by atoms with Gasteiger partial charge in [0.25, 0.3) is 5.91 Å². The van der Waals surface area contributed by atoms with E-state index in [1.807, 2.05) is 0 Å². The summed E-state index contributed by atoms with van der Waals surface area (Å²) in [6.07, 6.45) is 5.93. The molecule has 8 nitrogen and oxygen atoms in total.